The number of amides is 1. The molecule has 0 bridgehead atoms. The summed E-state index contributed by atoms with van der Waals surface area (Å²) in [4.78, 5) is 11.8. The number of hydrogen-bond acceptors (Lipinski definition) is 2. The van der Waals surface area contributed by atoms with Gasteiger partial charge in [-0.3, -0.25) is 4.79 Å². The molecule has 2 fully saturated rings. The summed E-state index contributed by atoms with van der Waals surface area (Å²) in [6.45, 7) is 1.65. The van der Waals surface area contributed by atoms with Crippen molar-refractivity contribution in [2.75, 3.05) is 13.2 Å². The molecule has 116 valence electrons. The molecule has 0 atom stereocenters. The number of hydrogen-bond donors (Lipinski definition) is 1. The van der Waals surface area contributed by atoms with Crippen LogP contribution >= 0.6 is 0 Å². The molecule has 0 spiro atoms. The van der Waals surface area contributed by atoms with E-state index in [0.29, 0.717) is 12.5 Å². The smallest absolute Gasteiger partial charge is 0.220 e. The van der Waals surface area contributed by atoms with Gasteiger partial charge in [0.1, 0.15) is 0 Å². The second-order valence-electron chi connectivity index (χ2n) is 6.58. The van der Waals surface area contributed by atoms with Gasteiger partial charge in [-0.2, -0.15) is 0 Å². The predicted octanol–water partition coefficient (Wildman–Crippen LogP) is 3.81. The van der Waals surface area contributed by atoms with Gasteiger partial charge in [0.25, 0.3) is 0 Å². The highest BCUT2D eigenvalue weighted by molar-refractivity contribution is 5.76. The SMILES string of the molecule is O=C(CCCOCC1CCCCC1)NC1CCCCC1. The van der Waals surface area contributed by atoms with Crippen molar-refractivity contribution in [1.29, 1.82) is 0 Å². The Hall–Kier alpha value is -0.570. The Balaban J connectivity index is 1.44. The number of nitrogens with one attached hydrogen (secondary N) is 1. The standard InChI is InChI=1S/C17H31NO2/c19-17(18-16-10-5-2-6-11-16)12-7-13-20-14-15-8-3-1-4-9-15/h15-16H,1-14H2,(H,18,19). The molecule has 20 heavy (non-hydrogen) atoms. The van der Waals surface area contributed by atoms with Gasteiger partial charge in [0, 0.05) is 25.7 Å². The van der Waals surface area contributed by atoms with E-state index in [1.165, 1.54) is 64.2 Å². The lowest BCUT2D eigenvalue weighted by Gasteiger charge is -2.23. The van der Waals surface area contributed by atoms with Crippen LogP contribution < -0.4 is 5.32 Å². The third-order valence-electron chi connectivity index (χ3n) is 4.74. The van der Waals surface area contributed by atoms with Crippen molar-refractivity contribution in [2.45, 2.75) is 83.1 Å². The van der Waals surface area contributed by atoms with Gasteiger partial charge >= 0.3 is 0 Å². The molecular weight excluding hydrogens is 250 g/mol. The summed E-state index contributed by atoms with van der Waals surface area (Å²) in [5.41, 5.74) is 0. The van der Waals surface area contributed by atoms with E-state index in [2.05, 4.69) is 5.32 Å². The van der Waals surface area contributed by atoms with Crippen LogP contribution in [0, 0.1) is 5.92 Å². The number of carbonyl (C=O) groups excluding carboxylic acids is 1. The summed E-state index contributed by atoms with van der Waals surface area (Å²) < 4.78 is 5.73. The normalized spacial score (nSPS) is 21.8. The maximum Gasteiger partial charge on any atom is 0.220 e. The summed E-state index contributed by atoms with van der Waals surface area (Å²) in [6, 6.07) is 0.444. The molecule has 2 aliphatic rings. The van der Waals surface area contributed by atoms with E-state index < -0.39 is 0 Å². The highest BCUT2D eigenvalue weighted by atomic mass is 16.5. The van der Waals surface area contributed by atoms with E-state index in [1.807, 2.05) is 0 Å². The first-order valence-corrected chi connectivity index (χ1v) is 8.71. The van der Waals surface area contributed by atoms with Gasteiger partial charge in [-0.05, 0) is 38.0 Å². The lowest BCUT2D eigenvalue weighted by atomic mass is 9.90. The summed E-state index contributed by atoms with van der Waals surface area (Å²) in [5, 5.41) is 3.16. The third kappa shape index (κ3) is 6.25. The fourth-order valence-electron chi connectivity index (χ4n) is 3.49. The van der Waals surface area contributed by atoms with Gasteiger partial charge in [-0.25, -0.2) is 0 Å². The molecule has 0 unspecified atom stereocenters. The Bertz CT molecular complexity index is 268. The Kier molecular flexibility index (Phi) is 7.42. The zero-order valence-corrected chi connectivity index (χ0v) is 12.9. The second-order valence-corrected chi connectivity index (χ2v) is 6.58. The Labute approximate surface area is 123 Å². The van der Waals surface area contributed by atoms with Gasteiger partial charge < -0.3 is 10.1 Å². The summed E-state index contributed by atoms with van der Waals surface area (Å²) >= 11 is 0. The largest absolute Gasteiger partial charge is 0.381 e. The van der Waals surface area contributed by atoms with Crippen molar-refractivity contribution in [1.82, 2.24) is 5.32 Å². The summed E-state index contributed by atoms with van der Waals surface area (Å²) in [6.07, 6.45) is 14.5. The second kappa shape index (κ2) is 9.38. The summed E-state index contributed by atoms with van der Waals surface area (Å²) in [5.74, 6) is 0.998. The quantitative estimate of drug-likeness (QED) is 0.721. The topological polar surface area (TPSA) is 38.3 Å². The van der Waals surface area contributed by atoms with E-state index in [1.54, 1.807) is 0 Å². The molecule has 1 N–H and O–H groups in total. The van der Waals surface area contributed by atoms with Crippen molar-refractivity contribution < 1.29 is 9.53 Å². The molecule has 3 heteroatoms. The molecule has 0 saturated heterocycles. The molecule has 0 aromatic carbocycles. The molecular formula is C17H31NO2. The molecule has 2 aliphatic carbocycles. The van der Waals surface area contributed by atoms with Crippen LogP contribution in [0.5, 0.6) is 0 Å². The van der Waals surface area contributed by atoms with Gasteiger partial charge in [0.05, 0.1) is 0 Å². The van der Waals surface area contributed by atoms with Crippen molar-refractivity contribution >= 4 is 5.91 Å². The first-order valence-electron chi connectivity index (χ1n) is 8.71. The van der Waals surface area contributed by atoms with Crippen molar-refractivity contribution in [3.8, 4) is 0 Å². The molecule has 2 saturated carbocycles. The highest BCUT2D eigenvalue weighted by Crippen LogP contribution is 2.23. The van der Waals surface area contributed by atoms with Crippen LogP contribution in [0.3, 0.4) is 0 Å². The highest BCUT2D eigenvalue weighted by Gasteiger charge is 2.15. The molecule has 0 aromatic heterocycles. The minimum Gasteiger partial charge on any atom is -0.381 e. The van der Waals surface area contributed by atoms with Crippen LogP contribution in [-0.4, -0.2) is 25.2 Å². The number of carbonyl (C=O) groups is 1. The first-order chi connectivity index (χ1) is 9.84. The maximum absolute atomic E-state index is 11.8. The minimum absolute atomic E-state index is 0.221. The van der Waals surface area contributed by atoms with E-state index in [9.17, 15) is 4.79 Å². The minimum atomic E-state index is 0.221. The van der Waals surface area contributed by atoms with Crippen LogP contribution in [0.15, 0.2) is 0 Å². The molecule has 2 rings (SSSR count). The van der Waals surface area contributed by atoms with E-state index in [-0.39, 0.29) is 5.91 Å². The number of rotatable bonds is 7. The van der Waals surface area contributed by atoms with Crippen LogP contribution in [0.1, 0.15) is 77.0 Å². The van der Waals surface area contributed by atoms with Crippen LogP contribution in [0.25, 0.3) is 0 Å². The zero-order valence-electron chi connectivity index (χ0n) is 12.9. The molecule has 0 heterocycles. The Morgan fingerprint density at radius 3 is 2.30 bits per heavy atom. The number of ether oxygens (including phenoxy) is 1. The van der Waals surface area contributed by atoms with E-state index >= 15 is 0 Å². The molecule has 0 aliphatic heterocycles. The average Bonchev–Trinajstić information content (AvgIpc) is 2.49. The first kappa shape index (κ1) is 15.8. The lowest BCUT2D eigenvalue weighted by molar-refractivity contribution is -0.122. The fourth-order valence-corrected chi connectivity index (χ4v) is 3.49. The third-order valence-corrected chi connectivity index (χ3v) is 4.74. The van der Waals surface area contributed by atoms with Gasteiger partial charge in [-0.1, -0.05) is 38.5 Å². The Morgan fingerprint density at radius 1 is 0.950 bits per heavy atom. The van der Waals surface area contributed by atoms with Crippen molar-refractivity contribution in [3.05, 3.63) is 0 Å². The predicted molar refractivity (Wildman–Crippen MR) is 81.6 cm³/mol. The average molecular weight is 281 g/mol. The van der Waals surface area contributed by atoms with E-state index in [0.717, 1.165) is 25.6 Å². The lowest BCUT2D eigenvalue weighted by Crippen LogP contribution is -2.36. The van der Waals surface area contributed by atoms with Crippen LogP contribution in [0.2, 0.25) is 0 Å². The molecule has 3 nitrogen and oxygen atoms in total. The Morgan fingerprint density at radius 2 is 1.60 bits per heavy atom. The monoisotopic (exact) mass is 281 g/mol. The maximum atomic E-state index is 11.8. The van der Waals surface area contributed by atoms with Crippen LogP contribution in [-0.2, 0) is 9.53 Å². The zero-order chi connectivity index (χ0) is 14.0. The summed E-state index contributed by atoms with van der Waals surface area (Å²) in [7, 11) is 0. The molecule has 0 radical (unpaired) electrons. The molecule has 1 amide bonds. The van der Waals surface area contributed by atoms with Gasteiger partial charge in [0.15, 0.2) is 0 Å². The van der Waals surface area contributed by atoms with Gasteiger partial charge in [-0.15, -0.1) is 0 Å². The van der Waals surface area contributed by atoms with E-state index in [4.69, 9.17) is 4.74 Å². The van der Waals surface area contributed by atoms with Crippen LogP contribution in [0.4, 0.5) is 0 Å². The molecule has 0 aromatic rings. The van der Waals surface area contributed by atoms with Crippen molar-refractivity contribution in [2.24, 2.45) is 5.92 Å². The van der Waals surface area contributed by atoms with Crippen molar-refractivity contribution in [3.63, 3.8) is 0 Å². The van der Waals surface area contributed by atoms with Gasteiger partial charge in [0.2, 0.25) is 5.91 Å². The fraction of sp³-hybridized carbons (Fsp3) is 0.941.